The average molecular weight is 301 g/mol. The van der Waals surface area contributed by atoms with Crippen molar-refractivity contribution >= 4 is 34.0 Å². The van der Waals surface area contributed by atoms with Crippen molar-refractivity contribution in [2.75, 3.05) is 11.9 Å². The minimum Gasteiger partial charge on any atom is -0.329 e. The van der Waals surface area contributed by atoms with Crippen LogP contribution in [0, 0.1) is 5.82 Å². The van der Waals surface area contributed by atoms with Gasteiger partial charge in [-0.2, -0.15) is 0 Å². The number of hydrogen-bond donors (Lipinski definition) is 0. The summed E-state index contributed by atoms with van der Waals surface area (Å²) < 4.78 is 13.4. The van der Waals surface area contributed by atoms with Crippen molar-refractivity contribution < 1.29 is 4.39 Å². The van der Waals surface area contributed by atoms with E-state index in [4.69, 9.17) is 11.6 Å². The fourth-order valence-electron chi connectivity index (χ4n) is 2.35. The van der Waals surface area contributed by atoms with Crippen LogP contribution in [-0.4, -0.2) is 12.0 Å². The van der Waals surface area contributed by atoms with Gasteiger partial charge in [0.1, 0.15) is 11.6 Å². The summed E-state index contributed by atoms with van der Waals surface area (Å²) in [5.74, 6) is 0.828. The van der Waals surface area contributed by atoms with Gasteiger partial charge in [-0.25, -0.2) is 9.37 Å². The Balaban J connectivity index is 2.14. The van der Waals surface area contributed by atoms with E-state index >= 15 is 0 Å². The topological polar surface area (TPSA) is 16.1 Å². The van der Waals surface area contributed by atoms with E-state index in [-0.39, 0.29) is 5.82 Å². The predicted molar refractivity (Wildman–Crippen MR) is 85.8 cm³/mol. The Hall–Kier alpha value is -2.13. The number of fused-ring (bicyclic) bond motifs is 1. The molecule has 0 saturated carbocycles. The van der Waals surface area contributed by atoms with Crippen LogP contribution in [0.1, 0.15) is 5.56 Å². The molecule has 3 aromatic rings. The lowest BCUT2D eigenvalue weighted by molar-refractivity contribution is 0.628. The van der Waals surface area contributed by atoms with Gasteiger partial charge in [0.2, 0.25) is 0 Å². The summed E-state index contributed by atoms with van der Waals surface area (Å²) in [5, 5.41) is 1.05. The SMILES string of the molecule is CN(c1cccc(F)c1)c1nc2ccccc2cc1CCl. The Labute approximate surface area is 127 Å². The van der Waals surface area contributed by atoms with E-state index < -0.39 is 0 Å². The summed E-state index contributed by atoms with van der Waals surface area (Å²) >= 11 is 6.05. The maximum atomic E-state index is 13.4. The van der Waals surface area contributed by atoms with Crippen molar-refractivity contribution in [3.8, 4) is 0 Å². The van der Waals surface area contributed by atoms with Gasteiger partial charge in [0.15, 0.2) is 0 Å². The molecule has 0 saturated heterocycles. The third-order valence-corrected chi connectivity index (χ3v) is 3.73. The van der Waals surface area contributed by atoms with E-state index in [9.17, 15) is 4.39 Å². The number of rotatable bonds is 3. The van der Waals surface area contributed by atoms with Crippen LogP contribution in [0.15, 0.2) is 54.6 Å². The molecule has 2 aromatic carbocycles. The minimum atomic E-state index is -0.271. The second-order valence-electron chi connectivity index (χ2n) is 4.84. The first-order valence-electron chi connectivity index (χ1n) is 6.63. The summed E-state index contributed by atoms with van der Waals surface area (Å²) in [6, 6.07) is 16.3. The highest BCUT2D eigenvalue weighted by Crippen LogP contribution is 2.29. The zero-order chi connectivity index (χ0) is 14.8. The molecule has 0 aliphatic carbocycles. The molecule has 0 unspecified atom stereocenters. The van der Waals surface area contributed by atoms with Gasteiger partial charge in [-0.05, 0) is 30.3 Å². The Morgan fingerprint density at radius 3 is 2.67 bits per heavy atom. The summed E-state index contributed by atoms with van der Waals surface area (Å²) in [7, 11) is 1.86. The molecule has 2 nitrogen and oxygen atoms in total. The fourth-order valence-corrected chi connectivity index (χ4v) is 2.54. The number of anilines is 2. The Kier molecular flexibility index (Phi) is 3.76. The molecule has 4 heteroatoms. The van der Waals surface area contributed by atoms with Gasteiger partial charge >= 0.3 is 0 Å². The summed E-state index contributed by atoms with van der Waals surface area (Å²) in [4.78, 5) is 6.53. The Morgan fingerprint density at radius 1 is 1.10 bits per heavy atom. The van der Waals surface area contributed by atoms with Crippen molar-refractivity contribution in [1.29, 1.82) is 0 Å². The van der Waals surface area contributed by atoms with Crippen LogP contribution in [0.4, 0.5) is 15.9 Å². The molecule has 0 radical (unpaired) electrons. The molecule has 3 rings (SSSR count). The third-order valence-electron chi connectivity index (χ3n) is 3.44. The zero-order valence-corrected chi connectivity index (χ0v) is 12.3. The maximum Gasteiger partial charge on any atom is 0.137 e. The molecule has 0 N–H and O–H groups in total. The molecule has 1 aromatic heterocycles. The lowest BCUT2D eigenvalue weighted by Gasteiger charge is -2.21. The third kappa shape index (κ3) is 2.69. The van der Waals surface area contributed by atoms with Gasteiger partial charge in [0.25, 0.3) is 0 Å². The fraction of sp³-hybridized carbons (Fsp3) is 0.118. The molecule has 0 bridgehead atoms. The monoisotopic (exact) mass is 300 g/mol. The van der Waals surface area contributed by atoms with Crippen LogP contribution in [0.2, 0.25) is 0 Å². The number of alkyl halides is 1. The van der Waals surface area contributed by atoms with Crippen LogP contribution in [0.3, 0.4) is 0 Å². The van der Waals surface area contributed by atoms with Gasteiger partial charge in [-0.3, -0.25) is 0 Å². The first-order chi connectivity index (χ1) is 10.2. The molecule has 0 amide bonds. The van der Waals surface area contributed by atoms with Gasteiger partial charge in [-0.1, -0.05) is 24.3 Å². The molecule has 0 aliphatic rings. The second-order valence-corrected chi connectivity index (χ2v) is 5.10. The number of pyridine rings is 1. The zero-order valence-electron chi connectivity index (χ0n) is 11.6. The Morgan fingerprint density at radius 2 is 1.90 bits per heavy atom. The van der Waals surface area contributed by atoms with Gasteiger partial charge in [0.05, 0.1) is 11.4 Å². The lowest BCUT2D eigenvalue weighted by atomic mass is 10.1. The molecule has 21 heavy (non-hydrogen) atoms. The quantitative estimate of drug-likeness (QED) is 0.641. The van der Waals surface area contributed by atoms with Gasteiger partial charge in [-0.15, -0.1) is 11.6 Å². The van der Waals surface area contributed by atoms with Crippen molar-refractivity contribution in [2.24, 2.45) is 0 Å². The Bertz CT molecular complexity index is 789. The van der Waals surface area contributed by atoms with E-state index in [0.29, 0.717) is 5.88 Å². The smallest absolute Gasteiger partial charge is 0.137 e. The highest BCUT2D eigenvalue weighted by Gasteiger charge is 2.12. The first kappa shape index (κ1) is 13.8. The van der Waals surface area contributed by atoms with Crippen LogP contribution >= 0.6 is 11.6 Å². The molecule has 0 spiro atoms. The minimum absolute atomic E-state index is 0.271. The average Bonchev–Trinajstić information content (AvgIpc) is 2.53. The molecule has 0 atom stereocenters. The van der Waals surface area contributed by atoms with Gasteiger partial charge in [0, 0.05) is 23.7 Å². The standard InChI is InChI=1S/C17H14ClFN2/c1-21(15-7-4-6-14(19)10-15)17-13(11-18)9-12-5-2-3-8-16(12)20-17/h2-10H,11H2,1H3. The number of benzene rings is 2. The highest BCUT2D eigenvalue weighted by atomic mass is 35.5. The lowest BCUT2D eigenvalue weighted by Crippen LogP contribution is -2.13. The first-order valence-corrected chi connectivity index (χ1v) is 7.16. The van der Waals surface area contributed by atoms with Crippen molar-refractivity contribution in [3.63, 3.8) is 0 Å². The number of aromatic nitrogens is 1. The number of halogens is 2. The molecular weight excluding hydrogens is 287 g/mol. The number of nitrogens with zero attached hydrogens (tertiary/aromatic N) is 2. The molecule has 0 aliphatic heterocycles. The largest absolute Gasteiger partial charge is 0.329 e. The normalized spacial score (nSPS) is 10.8. The summed E-state index contributed by atoms with van der Waals surface area (Å²) in [5.41, 5.74) is 2.55. The maximum absolute atomic E-state index is 13.4. The molecule has 0 fully saturated rings. The van der Waals surface area contributed by atoms with Gasteiger partial charge < -0.3 is 4.90 Å². The number of para-hydroxylation sites is 1. The van der Waals surface area contributed by atoms with Crippen molar-refractivity contribution in [3.05, 3.63) is 66.0 Å². The van der Waals surface area contributed by atoms with E-state index in [0.717, 1.165) is 28.0 Å². The van der Waals surface area contributed by atoms with Crippen LogP contribution in [-0.2, 0) is 5.88 Å². The van der Waals surface area contributed by atoms with E-state index in [2.05, 4.69) is 4.98 Å². The predicted octanol–water partition coefficient (Wildman–Crippen LogP) is 4.88. The molecular formula is C17H14ClFN2. The van der Waals surface area contributed by atoms with Crippen LogP contribution in [0.5, 0.6) is 0 Å². The summed E-state index contributed by atoms with van der Waals surface area (Å²) in [6.45, 7) is 0. The molecule has 106 valence electrons. The van der Waals surface area contributed by atoms with E-state index in [1.165, 1.54) is 12.1 Å². The van der Waals surface area contributed by atoms with Crippen LogP contribution < -0.4 is 4.90 Å². The van der Waals surface area contributed by atoms with Crippen molar-refractivity contribution in [1.82, 2.24) is 4.98 Å². The van der Waals surface area contributed by atoms with E-state index in [1.54, 1.807) is 6.07 Å². The van der Waals surface area contributed by atoms with E-state index in [1.807, 2.05) is 48.3 Å². The van der Waals surface area contributed by atoms with Crippen LogP contribution in [0.25, 0.3) is 10.9 Å². The highest BCUT2D eigenvalue weighted by molar-refractivity contribution is 6.17. The molecule has 1 heterocycles. The van der Waals surface area contributed by atoms with Crippen molar-refractivity contribution in [2.45, 2.75) is 5.88 Å². The summed E-state index contributed by atoms with van der Waals surface area (Å²) in [6.07, 6.45) is 0. The number of hydrogen-bond acceptors (Lipinski definition) is 2. The second kappa shape index (κ2) is 5.70.